The molecule has 0 aromatic carbocycles. The van der Waals surface area contributed by atoms with Gasteiger partial charge < -0.3 is 24.7 Å². The maximum absolute atomic E-state index is 9.63. The summed E-state index contributed by atoms with van der Waals surface area (Å²) in [5, 5.41) is 2.75. The van der Waals surface area contributed by atoms with Crippen LogP contribution in [0.3, 0.4) is 0 Å². The SMILES string of the molecule is C.C.C.C.C.C.C.C.CCCC(C)(C)C.CC[Si](C)(C)NC.CN(C)C.CNC.COC.COC(C)(C)C.CS(C)(=O)=O.CSC.[HH]. The number of hydrogen-bond donors (Lipinski definition) is 2. The third kappa shape index (κ3) is 469. The minimum Gasteiger partial charge on any atom is -0.388 e. The van der Waals surface area contributed by atoms with E-state index in [0.717, 1.165) is 12.5 Å². The number of methoxy groups -OCH3 is 2. The van der Waals surface area contributed by atoms with Crippen molar-refractivity contribution in [1.82, 2.24) is 15.2 Å². The monoisotopic (exact) mass is 742 g/mol. The van der Waals surface area contributed by atoms with Gasteiger partial charge in [0.25, 0.3) is 0 Å². The summed E-state index contributed by atoms with van der Waals surface area (Å²) >= 11 is 1.75. The van der Waals surface area contributed by atoms with E-state index in [9.17, 15) is 8.42 Å². The van der Waals surface area contributed by atoms with Crippen molar-refractivity contribution in [3.63, 3.8) is 0 Å². The number of hydrogen-bond acceptors (Lipinski definition) is 8. The fourth-order valence-electron chi connectivity index (χ4n) is 0.927. The first-order chi connectivity index (χ1) is 16.7. The summed E-state index contributed by atoms with van der Waals surface area (Å²) < 4.78 is 28.5. The van der Waals surface area contributed by atoms with Crippen molar-refractivity contribution in [2.24, 2.45) is 5.41 Å². The Balaban J connectivity index is -0.0000000145. The van der Waals surface area contributed by atoms with Gasteiger partial charge >= 0.3 is 0 Å². The van der Waals surface area contributed by atoms with E-state index in [2.05, 4.69) is 69.8 Å². The van der Waals surface area contributed by atoms with E-state index in [1.165, 1.54) is 18.9 Å². The Kier molecular flexibility index (Phi) is 161. The van der Waals surface area contributed by atoms with Crippen molar-refractivity contribution in [3.8, 4) is 0 Å². The summed E-state index contributed by atoms with van der Waals surface area (Å²) in [6, 6.07) is 1.32. The largest absolute Gasteiger partial charge is 0.388 e. The predicted molar refractivity (Wildman–Crippen MR) is 242 cm³/mol. The second kappa shape index (κ2) is 71.4. The Labute approximate surface area is 309 Å². The van der Waals surface area contributed by atoms with Crippen LogP contribution in [0, 0.1) is 5.41 Å². The van der Waals surface area contributed by atoms with Gasteiger partial charge in [0.2, 0.25) is 0 Å². The van der Waals surface area contributed by atoms with Crippen molar-refractivity contribution < 1.29 is 19.3 Å². The number of ether oxygens (including phenoxy) is 2. The molecule has 2 N–H and O–H groups in total. The quantitative estimate of drug-likeness (QED) is 0.277. The summed E-state index contributed by atoms with van der Waals surface area (Å²) in [4.78, 5) is 5.33. The molecular formula is C36H111N3O4S2Si. The molecule has 0 bridgehead atoms. The number of thioether (sulfide) groups is 1. The van der Waals surface area contributed by atoms with E-state index in [1.807, 2.05) is 73.4 Å². The van der Waals surface area contributed by atoms with Gasteiger partial charge in [0.05, 0.1) is 5.60 Å². The van der Waals surface area contributed by atoms with Gasteiger partial charge in [-0.25, -0.2) is 8.42 Å². The molecule has 310 valence electrons. The maximum atomic E-state index is 9.63. The lowest BCUT2D eigenvalue weighted by Crippen LogP contribution is -2.40. The third-order valence-electron chi connectivity index (χ3n) is 3.17. The molecule has 0 atom stereocenters. The first-order valence-electron chi connectivity index (χ1n) is 13.1. The first-order valence-corrected chi connectivity index (χ1v) is 20.2. The number of nitrogens with one attached hydrogen (secondary N) is 2. The maximum Gasteiger partial charge on any atom is 0.144 e. The smallest absolute Gasteiger partial charge is 0.144 e. The van der Waals surface area contributed by atoms with Gasteiger partial charge in [0.15, 0.2) is 0 Å². The summed E-state index contributed by atoms with van der Waals surface area (Å²) in [7, 11) is 13.2. The van der Waals surface area contributed by atoms with Gasteiger partial charge in [-0.2, -0.15) is 11.8 Å². The molecule has 7 nitrogen and oxygen atoms in total. The highest BCUT2D eigenvalue weighted by atomic mass is 32.2. The van der Waals surface area contributed by atoms with Crippen molar-refractivity contribution in [2.45, 2.75) is 152 Å². The zero-order valence-electron chi connectivity index (χ0n) is 30.5. The average Bonchev–Trinajstić information content (AvgIpc) is 2.68. The van der Waals surface area contributed by atoms with E-state index in [1.54, 1.807) is 33.1 Å². The molecule has 0 radical (unpaired) electrons. The molecule has 0 saturated carbocycles. The highest BCUT2D eigenvalue weighted by Crippen LogP contribution is 2.19. The molecule has 0 saturated heterocycles. The molecule has 0 aliphatic carbocycles. The van der Waals surface area contributed by atoms with Crippen molar-refractivity contribution in [1.29, 1.82) is 0 Å². The first kappa shape index (κ1) is 103. The van der Waals surface area contributed by atoms with Gasteiger partial charge in [0.1, 0.15) is 18.1 Å². The van der Waals surface area contributed by atoms with Crippen molar-refractivity contribution >= 4 is 29.8 Å². The van der Waals surface area contributed by atoms with Gasteiger partial charge in [-0.3, -0.25) is 0 Å². The molecule has 0 aromatic heterocycles. The van der Waals surface area contributed by atoms with E-state index >= 15 is 0 Å². The molecule has 10 heteroatoms. The van der Waals surface area contributed by atoms with Gasteiger partial charge in [-0.1, -0.05) is 114 Å². The van der Waals surface area contributed by atoms with E-state index < -0.39 is 18.1 Å². The van der Waals surface area contributed by atoms with Crippen LogP contribution in [0.15, 0.2) is 0 Å². The van der Waals surface area contributed by atoms with Gasteiger partial charge in [-0.15, -0.1) is 0 Å². The average molecular weight is 743 g/mol. The molecule has 0 aliphatic rings. The number of sulfone groups is 1. The second-order valence-electron chi connectivity index (χ2n) is 11.9. The van der Waals surface area contributed by atoms with Crippen LogP contribution in [0.2, 0.25) is 19.1 Å². The van der Waals surface area contributed by atoms with Crippen molar-refractivity contribution in [3.05, 3.63) is 0 Å². The summed E-state index contributed by atoms with van der Waals surface area (Å²) in [5.74, 6) is 0. The molecule has 0 aliphatic heterocycles. The van der Waals surface area contributed by atoms with E-state index in [0.29, 0.717) is 5.41 Å². The summed E-state index contributed by atoms with van der Waals surface area (Å²) in [5.41, 5.74) is 0.592. The number of nitrogens with zero attached hydrogens (tertiary/aromatic N) is 1. The Bertz CT molecular complexity index is 468. The predicted octanol–water partition coefficient (Wildman–Crippen LogP) is 11.9. The molecule has 0 spiro atoms. The molecule has 0 amide bonds. The minimum atomic E-state index is -2.67. The molecular weight excluding hydrogens is 631 g/mol. The van der Waals surface area contributed by atoms with Crippen LogP contribution >= 0.6 is 11.8 Å². The van der Waals surface area contributed by atoms with Crippen LogP contribution < -0.4 is 10.3 Å². The van der Waals surface area contributed by atoms with Crippen LogP contribution in [0.5, 0.6) is 0 Å². The highest BCUT2D eigenvalue weighted by molar-refractivity contribution is 7.97. The van der Waals surface area contributed by atoms with Crippen molar-refractivity contribution in [2.75, 3.05) is 88.6 Å². The molecule has 0 unspecified atom stereocenters. The summed E-state index contributed by atoms with van der Waals surface area (Å²) in [6.07, 6.45) is 9.05. The van der Waals surface area contributed by atoms with Crippen LogP contribution in [-0.2, 0) is 19.3 Å². The van der Waals surface area contributed by atoms with Gasteiger partial charge in [-0.05, 0) is 93.4 Å². The highest BCUT2D eigenvalue weighted by Gasteiger charge is 2.13. The zero-order valence-corrected chi connectivity index (χ0v) is 33.2. The summed E-state index contributed by atoms with van der Waals surface area (Å²) in [6.45, 7) is 22.0. The topological polar surface area (TPSA) is 79.9 Å². The van der Waals surface area contributed by atoms with Crippen LogP contribution in [0.1, 0.15) is 129 Å². The molecule has 0 fully saturated rings. The fourth-order valence-corrected chi connectivity index (χ4v) is 1.28. The van der Waals surface area contributed by atoms with E-state index in [-0.39, 0.29) is 66.4 Å². The van der Waals surface area contributed by atoms with Gasteiger partial charge in [0, 0.05) is 35.3 Å². The molecule has 0 aromatic rings. The Hall–Kier alpha value is 0.317. The van der Waals surface area contributed by atoms with Crippen LogP contribution in [-0.4, -0.2) is 116 Å². The van der Waals surface area contributed by atoms with Crippen LogP contribution in [0.4, 0.5) is 0 Å². The minimum absolute atomic E-state index is 0. The molecule has 46 heavy (non-hydrogen) atoms. The Morgan fingerprint density at radius 2 is 0.891 bits per heavy atom. The second-order valence-corrected chi connectivity index (χ2v) is 20.0. The lowest BCUT2D eigenvalue weighted by atomic mass is 9.91. The molecule has 0 heterocycles. The molecule has 0 rings (SSSR count). The number of rotatable bonds is 3. The lowest BCUT2D eigenvalue weighted by molar-refractivity contribution is 0.0397. The van der Waals surface area contributed by atoms with E-state index in [4.69, 9.17) is 4.74 Å². The fraction of sp³-hybridized carbons (Fsp3) is 1.00. The lowest BCUT2D eigenvalue weighted by Gasteiger charge is -2.17. The standard InChI is InChI=1S/C7H16.C5H15NSi.C5H12O.C3H9N.C2H7N.C2H6O2S.C2H6O.C2H6S.8CH4.H2/c1-5-6-7(2,3)4;1-5-7(3,4)6-2;1-5(2,3)6-4;1-4(2)3;1-3-2;1-5(2,3)4;2*1-3-2;;;;;;;;;/h5-6H2,1-4H3;6H,5H2,1-4H3;1-4H3;1-3H3;3H,1-2H3;1-2H3;2*1-2H3;8*1H4;1H. The van der Waals surface area contributed by atoms with Crippen LogP contribution in [0.25, 0.3) is 0 Å². The zero-order chi connectivity index (χ0) is 33.2. The Morgan fingerprint density at radius 1 is 0.739 bits per heavy atom. The third-order valence-corrected chi connectivity index (χ3v) is 6.29. The Morgan fingerprint density at radius 3 is 0.891 bits per heavy atom. The normalized spacial score (nSPS) is 8.43.